The van der Waals surface area contributed by atoms with Gasteiger partial charge in [0.1, 0.15) is 30.3 Å². The number of piperidine rings is 1. The van der Waals surface area contributed by atoms with Gasteiger partial charge in [-0.05, 0) is 50.1 Å². The summed E-state index contributed by atoms with van der Waals surface area (Å²) in [6.07, 6.45) is 3.54. The topological polar surface area (TPSA) is 57.7 Å². The third-order valence-corrected chi connectivity index (χ3v) is 5.44. The third kappa shape index (κ3) is 4.49. The number of nitrogens with zero attached hydrogens (tertiary/aromatic N) is 1. The fourth-order valence-electron chi connectivity index (χ4n) is 3.94. The number of rotatable bonds is 7. The van der Waals surface area contributed by atoms with E-state index in [0.717, 1.165) is 41.8 Å². The molecule has 0 spiro atoms. The minimum absolute atomic E-state index is 0.230. The van der Waals surface area contributed by atoms with Gasteiger partial charge >= 0.3 is 0 Å². The number of ether oxygens (including phenoxy) is 2. The second-order valence-corrected chi connectivity index (χ2v) is 7.58. The fourth-order valence-corrected chi connectivity index (χ4v) is 3.94. The maximum Gasteiger partial charge on any atom is 0.128 e. The number of fused-ring (bicyclic) bond motifs is 1. The van der Waals surface area contributed by atoms with E-state index in [4.69, 9.17) is 9.47 Å². The van der Waals surface area contributed by atoms with Crippen LogP contribution in [-0.4, -0.2) is 52.9 Å². The molecule has 0 radical (unpaired) electrons. The molecule has 148 valence electrons. The first kappa shape index (κ1) is 18.8. The second kappa shape index (κ2) is 8.67. The number of H-pyrrole nitrogens is 1. The molecule has 5 nitrogen and oxygen atoms in total. The lowest BCUT2D eigenvalue weighted by Crippen LogP contribution is -2.48. The monoisotopic (exact) mass is 380 g/mol. The molecule has 2 aromatic carbocycles. The summed E-state index contributed by atoms with van der Waals surface area (Å²) in [4.78, 5) is 5.51. The summed E-state index contributed by atoms with van der Waals surface area (Å²) in [5, 5.41) is 11.5. The maximum absolute atomic E-state index is 10.5. The van der Waals surface area contributed by atoms with Crippen LogP contribution in [0.5, 0.6) is 11.5 Å². The lowest BCUT2D eigenvalue weighted by atomic mass is 10.00. The van der Waals surface area contributed by atoms with Crippen LogP contribution in [0.1, 0.15) is 19.8 Å². The molecule has 3 atom stereocenters. The first-order valence-corrected chi connectivity index (χ1v) is 10.0. The number of aromatic nitrogens is 1. The van der Waals surface area contributed by atoms with E-state index in [-0.39, 0.29) is 12.7 Å². The largest absolute Gasteiger partial charge is 0.490 e. The molecule has 1 aromatic heterocycles. The highest BCUT2D eigenvalue weighted by atomic mass is 16.5. The highest BCUT2D eigenvalue weighted by Gasteiger charge is 2.28. The molecule has 2 N–H and O–H groups in total. The van der Waals surface area contributed by atoms with Gasteiger partial charge in [-0.15, -0.1) is 0 Å². The number of likely N-dealkylation sites (tertiary alicyclic amines) is 1. The van der Waals surface area contributed by atoms with Crippen LogP contribution in [0.2, 0.25) is 0 Å². The van der Waals surface area contributed by atoms with Crippen LogP contribution in [0.4, 0.5) is 0 Å². The SMILES string of the molecule is CC1CC(Oc2ccccc2)CCN1CC(O)COc1cccc2[nH]ccc12. The Labute approximate surface area is 165 Å². The Kier molecular flexibility index (Phi) is 5.84. The second-order valence-electron chi connectivity index (χ2n) is 7.58. The van der Waals surface area contributed by atoms with Crippen molar-refractivity contribution >= 4 is 10.9 Å². The quantitative estimate of drug-likeness (QED) is 0.654. The molecule has 5 heteroatoms. The van der Waals surface area contributed by atoms with Crippen LogP contribution in [-0.2, 0) is 0 Å². The average molecular weight is 380 g/mol. The van der Waals surface area contributed by atoms with Crippen molar-refractivity contribution in [3.63, 3.8) is 0 Å². The molecule has 28 heavy (non-hydrogen) atoms. The molecule has 0 aliphatic carbocycles. The highest BCUT2D eigenvalue weighted by Crippen LogP contribution is 2.25. The van der Waals surface area contributed by atoms with Gasteiger partial charge in [0.05, 0.1) is 0 Å². The molecule has 4 rings (SSSR count). The van der Waals surface area contributed by atoms with Crippen molar-refractivity contribution in [2.24, 2.45) is 0 Å². The minimum atomic E-state index is -0.525. The van der Waals surface area contributed by atoms with Crippen molar-refractivity contribution in [3.05, 3.63) is 60.8 Å². The molecule has 1 aliphatic heterocycles. The number of aliphatic hydroxyl groups excluding tert-OH is 1. The first-order chi connectivity index (χ1) is 13.7. The van der Waals surface area contributed by atoms with Crippen LogP contribution >= 0.6 is 0 Å². The van der Waals surface area contributed by atoms with Crippen LogP contribution in [0.3, 0.4) is 0 Å². The van der Waals surface area contributed by atoms with Gasteiger partial charge in [-0.2, -0.15) is 0 Å². The smallest absolute Gasteiger partial charge is 0.128 e. The molecule has 0 saturated carbocycles. The molecule has 1 fully saturated rings. The van der Waals surface area contributed by atoms with Crippen LogP contribution in [0.25, 0.3) is 10.9 Å². The van der Waals surface area contributed by atoms with E-state index in [0.29, 0.717) is 12.6 Å². The van der Waals surface area contributed by atoms with E-state index in [2.05, 4.69) is 16.8 Å². The molecule has 3 aromatic rings. The Hall–Kier alpha value is -2.50. The van der Waals surface area contributed by atoms with Crippen molar-refractivity contribution in [1.29, 1.82) is 0 Å². The Morgan fingerprint density at radius 3 is 2.82 bits per heavy atom. The van der Waals surface area contributed by atoms with Crippen molar-refractivity contribution < 1.29 is 14.6 Å². The number of hydrogen-bond donors (Lipinski definition) is 2. The molecular formula is C23H28N2O3. The van der Waals surface area contributed by atoms with Crippen molar-refractivity contribution in [1.82, 2.24) is 9.88 Å². The number of nitrogens with one attached hydrogen (secondary N) is 1. The molecule has 0 amide bonds. The van der Waals surface area contributed by atoms with Gasteiger partial charge in [0.15, 0.2) is 0 Å². The summed E-state index contributed by atoms with van der Waals surface area (Å²) < 4.78 is 12.0. The Bertz CT molecular complexity index is 880. The van der Waals surface area contributed by atoms with Crippen molar-refractivity contribution in [3.8, 4) is 11.5 Å². The van der Waals surface area contributed by atoms with Crippen molar-refractivity contribution in [2.75, 3.05) is 19.7 Å². The maximum atomic E-state index is 10.5. The molecular weight excluding hydrogens is 352 g/mol. The number of para-hydroxylation sites is 1. The predicted octanol–water partition coefficient (Wildman–Crippen LogP) is 3.84. The Balaban J connectivity index is 1.26. The zero-order valence-electron chi connectivity index (χ0n) is 16.3. The first-order valence-electron chi connectivity index (χ1n) is 10.0. The number of benzene rings is 2. The van der Waals surface area contributed by atoms with E-state index < -0.39 is 6.10 Å². The minimum Gasteiger partial charge on any atom is -0.490 e. The number of aromatic amines is 1. The summed E-state index contributed by atoms with van der Waals surface area (Å²) in [6.45, 7) is 4.03. The lowest BCUT2D eigenvalue weighted by Gasteiger charge is -2.38. The summed E-state index contributed by atoms with van der Waals surface area (Å²) in [7, 11) is 0. The van der Waals surface area contributed by atoms with Gasteiger partial charge < -0.3 is 19.6 Å². The van der Waals surface area contributed by atoms with E-state index >= 15 is 0 Å². The average Bonchev–Trinajstić information content (AvgIpc) is 3.19. The highest BCUT2D eigenvalue weighted by molar-refractivity contribution is 5.85. The molecule has 2 heterocycles. The van der Waals surface area contributed by atoms with Crippen LogP contribution in [0, 0.1) is 0 Å². The number of β-amino-alcohol motifs (C(OH)–C–C–N with tert-alkyl or cyclic N) is 1. The van der Waals surface area contributed by atoms with Crippen LogP contribution < -0.4 is 9.47 Å². The van der Waals surface area contributed by atoms with Crippen LogP contribution in [0.15, 0.2) is 60.8 Å². The molecule has 1 aliphatic rings. The summed E-state index contributed by atoms with van der Waals surface area (Å²) in [6, 6.07) is 18.3. The summed E-state index contributed by atoms with van der Waals surface area (Å²) in [5.74, 6) is 1.74. The van der Waals surface area contributed by atoms with E-state index in [1.54, 1.807) is 0 Å². The van der Waals surface area contributed by atoms with Gasteiger partial charge in [0.25, 0.3) is 0 Å². The Morgan fingerprint density at radius 1 is 1.14 bits per heavy atom. The van der Waals surface area contributed by atoms with Gasteiger partial charge in [-0.3, -0.25) is 4.90 Å². The Morgan fingerprint density at radius 2 is 2.00 bits per heavy atom. The molecule has 1 saturated heterocycles. The van der Waals surface area contributed by atoms with E-state index in [1.165, 1.54) is 0 Å². The standard InChI is InChI=1S/C23H28N2O3/c1-17-14-20(28-19-6-3-2-4-7-19)11-13-25(17)15-18(26)16-27-23-9-5-8-22-21(23)10-12-24-22/h2-10,12,17-18,20,24,26H,11,13-16H2,1H3. The van der Waals surface area contributed by atoms with Crippen molar-refractivity contribution in [2.45, 2.75) is 38.0 Å². The van der Waals surface area contributed by atoms with E-state index in [9.17, 15) is 5.11 Å². The van der Waals surface area contributed by atoms with Gasteiger partial charge in [0, 0.05) is 36.2 Å². The summed E-state index contributed by atoms with van der Waals surface area (Å²) >= 11 is 0. The molecule has 3 unspecified atom stereocenters. The van der Waals surface area contributed by atoms with Gasteiger partial charge in [0.2, 0.25) is 0 Å². The lowest BCUT2D eigenvalue weighted by molar-refractivity contribution is 0.0155. The zero-order chi connectivity index (χ0) is 19.3. The zero-order valence-corrected chi connectivity index (χ0v) is 16.3. The number of aliphatic hydroxyl groups is 1. The normalized spacial score (nSPS) is 21.5. The summed E-state index contributed by atoms with van der Waals surface area (Å²) in [5.41, 5.74) is 1.04. The predicted molar refractivity (Wildman–Crippen MR) is 111 cm³/mol. The van der Waals surface area contributed by atoms with Gasteiger partial charge in [-0.1, -0.05) is 24.3 Å². The third-order valence-electron chi connectivity index (χ3n) is 5.44. The van der Waals surface area contributed by atoms with E-state index in [1.807, 2.05) is 60.8 Å². The molecule has 0 bridgehead atoms. The van der Waals surface area contributed by atoms with Gasteiger partial charge in [-0.25, -0.2) is 0 Å². The fraction of sp³-hybridized carbons (Fsp3) is 0.391. The number of hydrogen-bond acceptors (Lipinski definition) is 4.